The zero-order chi connectivity index (χ0) is 18.7. The average molecular weight is 350 g/mol. The molecule has 0 spiro atoms. The molecule has 0 N–H and O–H groups in total. The summed E-state index contributed by atoms with van der Waals surface area (Å²) >= 11 is 0. The quantitative estimate of drug-likeness (QED) is 0.758. The van der Waals surface area contributed by atoms with Gasteiger partial charge < -0.3 is 14.2 Å². The minimum absolute atomic E-state index is 0.183. The SMILES string of the molecule is COC1(C)O/C(=C\c2ccc(C)cc2)C(=O)/C(=C/c2ccc(C)cc2)O1. The molecule has 0 aliphatic carbocycles. The van der Waals surface area contributed by atoms with Gasteiger partial charge in [0.2, 0.25) is 0 Å². The number of methoxy groups -OCH3 is 1. The summed E-state index contributed by atoms with van der Waals surface area (Å²) in [6.45, 7) is 5.65. The molecule has 1 aliphatic rings. The molecular formula is C22H22O4. The lowest BCUT2D eigenvalue weighted by molar-refractivity contribution is -0.334. The Hall–Kier alpha value is -2.85. The van der Waals surface area contributed by atoms with E-state index >= 15 is 0 Å². The van der Waals surface area contributed by atoms with Crippen molar-refractivity contribution in [2.45, 2.75) is 26.7 Å². The number of hydrogen-bond acceptors (Lipinski definition) is 4. The maximum Gasteiger partial charge on any atom is 0.368 e. The Labute approximate surface area is 153 Å². The second kappa shape index (κ2) is 7.18. The van der Waals surface area contributed by atoms with Gasteiger partial charge in [0.05, 0.1) is 0 Å². The van der Waals surface area contributed by atoms with E-state index in [0.717, 1.165) is 22.3 Å². The summed E-state index contributed by atoms with van der Waals surface area (Å²) in [5, 5.41) is 0. The van der Waals surface area contributed by atoms with Gasteiger partial charge in [0.25, 0.3) is 5.78 Å². The van der Waals surface area contributed by atoms with Crippen LogP contribution in [0, 0.1) is 13.8 Å². The first kappa shape index (κ1) is 18.0. The van der Waals surface area contributed by atoms with Gasteiger partial charge in [-0.05, 0) is 37.1 Å². The maximum absolute atomic E-state index is 12.8. The Bertz CT molecular complexity index is 791. The van der Waals surface area contributed by atoms with E-state index in [2.05, 4.69) is 0 Å². The summed E-state index contributed by atoms with van der Waals surface area (Å²) in [6, 6.07) is 15.7. The molecular weight excluding hydrogens is 328 g/mol. The Balaban J connectivity index is 1.98. The van der Waals surface area contributed by atoms with Gasteiger partial charge in [-0.1, -0.05) is 59.7 Å². The molecule has 0 unspecified atom stereocenters. The van der Waals surface area contributed by atoms with E-state index < -0.39 is 5.97 Å². The summed E-state index contributed by atoms with van der Waals surface area (Å²) in [6.07, 6.45) is 3.40. The lowest BCUT2D eigenvalue weighted by Crippen LogP contribution is -2.41. The van der Waals surface area contributed by atoms with Crippen molar-refractivity contribution in [1.82, 2.24) is 0 Å². The van der Waals surface area contributed by atoms with Crippen molar-refractivity contribution in [2.24, 2.45) is 0 Å². The van der Waals surface area contributed by atoms with Gasteiger partial charge in [-0.3, -0.25) is 4.79 Å². The van der Waals surface area contributed by atoms with Crippen molar-refractivity contribution in [1.29, 1.82) is 0 Å². The maximum atomic E-state index is 12.8. The highest BCUT2D eigenvalue weighted by atomic mass is 16.9. The van der Waals surface area contributed by atoms with Crippen molar-refractivity contribution < 1.29 is 19.0 Å². The van der Waals surface area contributed by atoms with Crippen molar-refractivity contribution in [3.8, 4) is 0 Å². The smallest absolute Gasteiger partial charge is 0.368 e. The first-order chi connectivity index (χ1) is 12.4. The molecule has 0 amide bonds. The molecule has 3 rings (SSSR count). The highest BCUT2D eigenvalue weighted by Crippen LogP contribution is 2.32. The molecule has 1 aliphatic heterocycles. The van der Waals surface area contributed by atoms with Crippen LogP contribution in [-0.4, -0.2) is 18.9 Å². The fraction of sp³-hybridized carbons (Fsp3) is 0.227. The largest absolute Gasteiger partial charge is 0.426 e. The van der Waals surface area contributed by atoms with E-state index in [1.807, 2.05) is 62.4 Å². The summed E-state index contributed by atoms with van der Waals surface area (Å²) in [5.74, 6) is -1.31. The third-order valence-electron chi connectivity index (χ3n) is 4.16. The van der Waals surface area contributed by atoms with Crippen LogP contribution in [-0.2, 0) is 19.0 Å². The number of benzene rings is 2. The molecule has 1 heterocycles. The van der Waals surface area contributed by atoms with Gasteiger partial charge in [0, 0.05) is 14.0 Å². The molecule has 2 aromatic carbocycles. The fourth-order valence-corrected chi connectivity index (χ4v) is 2.54. The molecule has 26 heavy (non-hydrogen) atoms. The molecule has 0 atom stereocenters. The van der Waals surface area contributed by atoms with Gasteiger partial charge in [0.1, 0.15) is 0 Å². The topological polar surface area (TPSA) is 44.8 Å². The molecule has 0 saturated carbocycles. The van der Waals surface area contributed by atoms with Gasteiger partial charge in [-0.25, -0.2) is 0 Å². The predicted molar refractivity (Wildman–Crippen MR) is 101 cm³/mol. The lowest BCUT2D eigenvalue weighted by atomic mass is 10.1. The number of rotatable bonds is 3. The van der Waals surface area contributed by atoms with Crippen LogP contribution in [0.4, 0.5) is 0 Å². The number of carbonyl (C=O) groups excluding carboxylic acids is 1. The molecule has 2 aromatic rings. The highest BCUT2D eigenvalue weighted by Gasteiger charge is 2.40. The van der Waals surface area contributed by atoms with Crippen molar-refractivity contribution in [3.05, 3.63) is 82.3 Å². The summed E-state index contributed by atoms with van der Waals surface area (Å²) in [7, 11) is 1.47. The summed E-state index contributed by atoms with van der Waals surface area (Å²) in [4.78, 5) is 12.8. The molecule has 1 saturated heterocycles. The van der Waals surface area contributed by atoms with Gasteiger partial charge in [-0.15, -0.1) is 0 Å². The molecule has 4 heteroatoms. The van der Waals surface area contributed by atoms with Crippen LogP contribution in [0.1, 0.15) is 29.2 Å². The van der Waals surface area contributed by atoms with E-state index in [4.69, 9.17) is 14.2 Å². The fourth-order valence-electron chi connectivity index (χ4n) is 2.54. The molecule has 1 fully saturated rings. The first-order valence-corrected chi connectivity index (χ1v) is 8.43. The zero-order valence-electron chi connectivity index (χ0n) is 15.4. The Morgan fingerprint density at radius 1 is 0.808 bits per heavy atom. The summed E-state index contributed by atoms with van der Waals surface area (Å²) in [5.41, 5.74) is 4.03. The normalized spacial score (nSPS) is 23.0. The van der Waals surface area contributed by atoms with Crippen LogP contribution in [0.2, 0.25) is 0 Å². The first-order valence-electron chi connectivity index (χ1n) is 8.43. The molecule has 0 aromatic heterocycles. The van der Waals surface area contributed by atoms with Crippen molar-refractivity contribution >= 4 is 17.9 Å². The van der Waals surface area contributed by atoms with Gasteiger partial charge in [-0.2, -0.15) is 0 Å². The van der Waals surface area contributed by atoms with Crippen LogP contribution in [0.5, 0.6) is 0 Å². The van der Waals surface area contributed by atoms with E-state index in [1.54, 1.807) is 19.1 Å². The second-order valence-corrected chi connectivity index (χ2v) is 6.44. The van der Waals surface area contributed by atoms with Gasteiger partial charge in [0.15, 0.2) is 11.5 Å². The zero-order valence-corrected chi connectivity index (χ0v) is 15.4. The van der Waals surface area contributed by atoms with E-state index in [1.165, 1.54) is 7.11 Å². The van der Waals surface area contributed by atoms with Crippen LogP contribution in [0.15, 0.2) is 60.0 Å². The van der Waals surface area contributed by atoms with Gasteiger partial charge >= 0.3 is 5.97 Å². The predicted octanol–water partition coefficient (Wildman–Crippen LogP) is 4.62. The Morgan fingerprint density at radius 3 is 1.54 bits per heavy atom. The third kappa shape index (κ3) is 4.03. The number of ether oxygens (including phenoxy) is 3. The number of hydrogen-bond donors (Lipinski definition) is 0. The molecule has 0 bridgehead atoms. The minimum Gasteiger partial charge on any atom is -0.426 e. The number of ketones is 1. The molecule has 134 valence electrons. The Morgan fingerprint density at radius 2 is 1.19 bits per heavy atom. The minimum atomic E-state index is -1.36. The van der Waals surface area contributed by atoms with E-state index in [0.29, 0.717) is 0 Å². The second-order valence-electron chi connectivity index (χ2n) is 6.44. The lowest BCUT2D eigenvalue weighted by Gasteiger charge is -2.34. The van der Waals surface area contributed by atoms with E-state index in [9.17, 15) is 4.79 Å². The Kier molecular flexibility index (Phi) is 4.96. The average Bonchev–Trinajstić information content (AvgIpc) is 2.63. The van der Waals surface area contributed by atoms with Crippen LogP contribution in [0.3, 0.4) is 0 Å². The monoisotopic (exact) mass is 350 g/mol. The van der Waals surface area contributed by atoms with Crippen LogP contribution in [0.25, 0.3) is 12.2 Å². The van der Waals surface area contributed by atoms with Crippen molar-refractivity contribution in [3.63, 3.8) is 0 Å². The molecule has 0 radical (unpaired) electrons. The highest BCUT2D eigenvalue weighted by molar-refractivity contribution is 6.11. The number of aryl methyl sites for hydroxylation is 2. The van der Waals surface area contributed by atoms with Crippen LogP contribution >= 0.6 is 0 Å². The molecule has 4 nitrogen and oxygen atoms in total. The third-order valence-corrected chi connectivity index (χ3v) is 4.16. The number of Topliss-reactive ketones (excluding diaryl/α,β-unsaturated/α-hetero) is 1. The van der Waals surface area contributed by atoms with Crippen molar-refractivity contribution in [2.75, 3.05) is 7.11 Å². The number of carbonyl (C=O) groups is 1. The van der Waals surface area contributed by atoms with E-state index in [-0.39, 0.29) is 17.3 Å². The summed E-state index contributed by atoms with van der Waals surface area (Å²) < 4.78 is 16.7. The standard InChI is InChI=1S/C22H22O4/c1-15-5-9-17(10-6-15)13-19-21(23)20(26-22(3,24-4)25-19)14-18-11-7-16(2)8-12-18/h5-14H,1-4H3/b19-13-,20-14-. The van der Waals surface area contributed by atoms with Crippen LogP contribution < -0.4 is 0 Å².